The minimum Gasteiger partial charge on any atom is -0.465 e. The van der Waals surface area contributed by atoms with Crippen LogP contribution in [0.2, 0.25) is 5.02 Å². The Morgan fingerprint density at radius 3 is 2.12 bits per heavy atom. The van der Waals surface area contributed by atoms with Gasteiger partial charge in [-0.05, 0) is 59.7 Å². The summed E-state index contributed by atoms with van der Waals surface area (Å²) in [6, 6.07) is 14.2. The molecule has 0 unspecified atom stereocenters. The second kappa shape index (κ2) is 10.6. The number of para-hydroxylation sites is 2. The van der Waals surface area contributed by atoms with Crippen molar-refractivity contribution in [2.75, 3.05) is 0 Å². The minimum absolute atomic E-state index is 0.0334. The molecule has 0 spiro atoms. The van der Waals surface area contributed by atoms with Crippen LogP contribution in [0.25, 0.3) is 0 Å². The summed E-state index contributed by atoms with van der Waals surface area (Å²) in [5.74, 6) is 0.824. The van der Waals surface area contributed by atoms with Crippen molar-refractivity contribution in [3.63, 3.8) is 0 Å². The van der Waals surface area contributed by atoms with Crippen LogP contribution in [-0.2, 0) is 11.3 Å². The number of carboxylic acid groups (broad SMARTS) is 1. The van der Waals surface area contributed by atoms with Crippen molar-refractivity contribution in [3.8, 4) is 11.5 Å². The van der Waals surface area contributed by atoms with Gasteiger partial charge in [0.05, 0.1) is 11.6 Å². The highest BCUT2D eigenvalue weighted by atomic mass is 35.5. The van der Waals surface area contributed by atoms with Crippen molar-refractivity contribution in [1.29, 1.82) is 0 Å². The van der Waals surface area contributed by atoms with Crippen LogP contribution in [0, 0.1) is 0 Å². The van der Waals surface area contributed by atoms with Crippen molar-refractivity contribution in [3.05, 3.63) is 59.1 Å². The number of carbonyl (C=O) groups is 2. The Bertz CT molecular complexity index is 1030. The van der Waals surface area contributed by atoms with Gasteiger partial charge in [0.2, 0.25) is 5.96 Å². The monoisotopic (exact) mass is 475 g/mol. The van der Waals surface area contributed by atoms with Crippen LogP contribution in [0.5, 0.6) is 11.5 Å². The highest BCUT2D eigenvalue weighted by Gasteiger charge is 2.35. The lowest BCUT2D eigenvalue weighted by atomic mass is 10.1. The first kappa shape index (κ1) is 26.0. The van der Waals surface area contributed by atoms with Gasteiger partial charge in [-0.25, -0.2) is 19.5 Å². The Labute approximate surface area is 199 Å². The number of guanidine groups is 1. The predicted octanol–water partition coefficient (Wildman–Crippen LogP) is 6.29. The molecule has 0 aliphatic rings. The lowest BCUT2D eigenvalue weighted by Crippen LogP contribution is -2.56. The van der Waals surface area contributed by atoms with Gasteiger partial charge in [-0.15, -0.1) is 0 Å². The smallest absolute Gasteiger partial charge is 0.417 e. The molecule has 0 radical (unpaired) electrons. The lowest BCUT2D eigenvalue weighted by Gasteiger charge is -2.36. The molecule has 0 bridgehead atoms. The molecule has 0 heterocycles. The largest absolute Gasteiger partial charge is 0.465 e. The second-order valence-corrected chi connectivity index (χ2v) is 9.60. The molecule has 0 aromatic heterocycles. The van der Waals surface area contributed by atoms with E-state index in [4.69, 9.17) is 21.1 Å². The number of nitrogens with one attached hydrogen (secondary N) is 1. The zero-order chi connectivity index (χ0) is 24.8. The molecule has 0 fully saturated rings. The van der Waals surface area contributed by atoms with Gasteiger partial charge < -0.3 is 14.6 Å². The van der Waals surface area contributed by atoms with Gasteiger partial charge in [0.1, 0.15) is 17.1 Å². The zero-order valence-corrected chi connectivity index (χ0v) is 20.4. The summed E-state index contributed by atoms with van der Waals surface area (Å²) in [5, 5.41) is 12.1. The summed E-state index contributed by atoms with van der Waals surface area (Å²) in [4.78, 5) is 30.0. The molecule has 8 nitrogen and oxygen atoms in total. The Morgan fingerprint density at radius 1 is 1.00 bits per heavy atom. The number of nitrogens with zero attached hydrogens (tertiary/aromatic N) is 2. The van der Waals surface area contributed by atoms with E-state index in [1.807, 2.05) is 6.07 Å². The maximum atomic E-state index is 12.9. The van der Waals surface area contributed by atoms with Gasteiger partial charge in [0.25, 0.3) is 0 Å². The Kier molecular flexibility index (Phi) is 8.33. The molecule has 2 aromatic carbocycles. The summed E-state index contributed by atoms with van der Waals surface area (Å²) in [7, 11) is 0. The summed E-state index contributed by atoms with van der Waals surface area (Å²) < 4.78 is 11.4. The van der Waals surface area contributed by atoms with E-state index in [0.29, 0.717) is 22.1 Å². The first-order chi connectivity index (χ1) is 15.3. The second-order valence-electron chi connectivity index (χ2n) is 9.20. The predicted molar refractivity (Wildman–Crippen MR) is 128 cm³/mol. The quantitative estimate of drug-likeness (QED) is 0.399. The van der Waals surface area contributed by atoms with E-state index in [-0.39, 0.29) is 12.5 Å². The van der Waals surface area contributed by atoms with Gasteiger partial charge in [-0.3, -0.25) is 5.32 Å². The molecule has 2 aromatic rings. The average molecular weight is 476 g/mol. The highest BCUT2D eigenvalue weighted by molar-refractivity contribution is 6.32. The molecular formula is C24H30ClN3O5. The van der Waals surface area contributed by atoms with Crippen LogP contribution in [-0.4, -0.2) is 39.3 Å². The maximum absolute atomic E-state index is 12.9. The van der Waals surface area contributed by atoms with Crippen LogP contribution in [0.4, 0.5) is 9.59 Å². The number of ether oxygens (including phenoxy) is 2. The molecule has 33 heavy (non-hydrogen) atoms. The van der Waals surface area contributed by atoms with Crippen molar-refractivity contribution < 1.29 is 24.2 Å². The molecule has 2 amide bonds. The highest BCUT2D eigenvalue weighted by Crippen LogP contribution is 2.31. The minimum atomic E-state index is -1.35. The van der Waals surface area contributed by atoms with Crippen LogP contribution in [0.1, 0.15) is 47.1 Å². The van der Waals surface area contributed by atoms with E-state index in [1.165, 1.54) is 4.90 Å². The number of benzene rings is 2. The number of rotatable bonds is 4. The van der Waals surface area contributed by atoms with E-state index in [9.17, 15) is 14.7 Å². The number of halogens is 1. The average Bonchev–Trinajstić information content (AvgIpc) is 2.66. The zero-order valence-electron chi connectivity index (χ0n) is 19.7. The number of carbonyl (C=O) groups excluding carboxylic acids is 1. The number of amides is 2. The molecule has 178 valence electrons. The summed E-state index contributed by atoms with van der Waals surface area (Å²) in [5.41, 5.74) is -0.929. The van der Waals surface area contributed by atoms with Crippen LogP contribution in [0.3, 0.4) is 0 Å². The molecule has 0 saturated heterocycles. The topological polar surface area (TPSA) is 100 Å². The number of hydrogen-bond acceptors (Lipinski definition) is 5. The van der Waals surface area contributed by atoms with E-state index in [2.05, 4.69) is 10.3 Å². The summed E-state index contributed by atoms with van der Waals surface area (Å²) in [6.07, 6.45) is -2.07. The van der Waals surface area contributed by atoms with Crippen molar-refractivity contribution >= 4 is 29.7 Å². The Morgan fingerprint density at radius 2 is 1.58 bits per heavy atom. The van der Waals surface area contributed by atoms with Crippen LogP contribution in [0.15, 0.2) is 53.5 Å². The van der Waals surface area contributed by atoms with Gasteiger partial charge in [-0.1, -0.05) is 41.9 Å². The number of aliphatic imine (C=N–C) groups is 1. The third-order valence-corrected chi connectivity index (χ3v) is 4.42. The van der Waals surface area contributed by atoms with Gasteiger partial charge in [0.15, 0.2) is 0 Å². The van der Waals surface area contributed by atoms with Crippen molar-refractivity contribution in [2.45, 2.75) is 59.2 Å². The fourth-order valence-corrected chi connectivity index (χ4v) is 2.96. The Balaban J connectivity index is 2.42. The molecular weight excluding hydrogens is 446 g/mol. The molecule has 2 N–H and O–H groups in total. The molecule has 2 rings (SSSR count). The van der Waals surface area contributed by atoms with Crippen molar-refractivity contribution in [2.24, 2.45) is 4.99 Å². The molecule has 0 atom stereocenters. The van der Waals surface area contributed by atoms with Crippen LogP contribution >= 0.6 is 11.6 Å². The molecule has 0 saturated carbocycles. The van der Waals surface area contributed by atoms with Crippen molar-refractivity contribution in [1.82, 2.24) is 10.2 Å². The summed E-state index contributed by atoms with van der Waals surface area (Å²) >= 11 is 6.20. The van der Waals surface area contributed by atoms with Gasteiger partial charge in [-0.2, -0.15) is 0 Å². The third-order valence-electron chi connectivity index (χ3n) is 4.11. The summed E-state index contributed by atoms with van der Waals surface area (Å²) in [6.45, 7) is 10.5. The van der Waals surface area contributed by atoms with E-state index >= 15 is 0 Å². The standard InChI is InChI=1S/C24H30ClN3O5/c1-23(2,3)28(22(31)33-24(4,5)6)20(27-21(29)30)26-15-16-11-7-9-13-18(16)32-19-14-10-8-12-17(19)25/h7-14H,15H2,1-6H3,(H,26,27)(H,29,30). The number of hydrogen-bond donors (Lipinski definition) is 2. The normalized spacial score (nSPS) is 12.2. The fourth-order valence-electron chi connectivity index (χ4n) is 2.79. The fraction of sp³-hybridized carbons (Fsp3) is 0.375. The first-order valence-electron chi connectivity index (χ1n) is 10.4. The van der Waals surface area contributed by atoms with Gasteiger partial charge in [0, 0.05) is 11.1 Å². The lowest BCUT2D eigenvalue weighted by molar-refractivity contribution is 0.0242. The van der Waals surface area contributed by atoms with E-state index < -0.39 is 23.3 Å². The Hall–Kier alpha value is -3.26. The molecule has 0 aliphatic carbocycles. The van der Waals surface area contributed by atoms with Crippen LogP contribution < -0.4 is 10.1 Å². The maximum Gasteiger partial charge on any atom is 0.417 e. The van der Waals surface area contributed by atoms with E-state index in [0.717, 1.165) is 0 Å². The van der Waals surface area contributed by atoms with E-state index in [1.54, 1.807) is 84.0 Å². The molecule has 0 aliphatic heterocycles. The SMILES string of the molecule is CC(C)(C)OC(=O)N(C(=NCc1ccccc1Oc1ccccc1Cl)NC(=O)O)C(C)(C)C. The third kappa shape index (κ3) is 7.98. The van der Waals surface area contributed by atoms with Gasteiger partial charge >= 0.3 is 12.2 Å². The first-order valence-corrected chi connectivity index (χ1v) is 10.7. The molecule has 9 heteroatoms.